The van der Waals surface area contributed by atoms with Crippen molar-refractivity contribution in [1.29, 1.82) is 0 Å². The molecule has 0 fully saturated rings. The van der Waals surface area contributed by atoms with Crippen molar-refractivity contribution in [3.8, 4) is 22.6 Å². The molecule has 0 unspecified atom stereocenters. The van der Waals surface area contributed by atoms with Crippen LogP contribution in [0, 0.1) is 0 Å². The molecule has 0 saturated heterocycles. The van der Waals surface area contributed by atoms with Crippen molar-refractivity contribution in [1.82, 2.24) is 15.0 Å². The number of carbonyl (C=O) groups is 1. The maximum Gasteiger partial charge on any atom is 0.236 e. The first-order valence-electron chi connectivity index (χ1n) is 8.42. The van der Waals surface area contributed by atoms with E-state index in [4.69, 9.17) is 16.6 Å². The van der Waals surface area contributed by atoms with Gasteiger partial charge in [0.2, 0.25) is 5.91 Å². The normalized spacial score (nSPS) is 10.8. The topological polar surface area (TPSA) is 70.7 Å². The zero-order chi connectivity index (χ0) is 19.3. The van der Waals surface area contributed by atoms with Crippen molar-refractivity contribution < 1.29 is 4.79 Å². The molecule has 2 aromatic carbocycles. The van der Waals surface area contributed by atoms with Gasteiger partial charge >= 0.3 is 0 Å². The summed E-state index contributed by atoms with van der Waals surface area (Å²) in [7, 11) is 0. The number of nitrogens with one attached hydrogen (secondary N) is 2. The van der Waals surface area contributed by atoms with Crippen LogP contribution in [0.5, 0.6) is 0 Å². The molecule has 2 heterocycles. The molecule has 0 aliphatic heterocycles. The van der Waals surface area contributed by atoms with Gasteiger partial charge in [0.25, 0.3) is 0 Å². The molecule has 0 aliphatic carbocycles. The molecule has 5 nitrogen and oxygen atoms in total. The molecule has 4 aromatic rings. The maximum atomic E-state index is 12.2. The molecule has 0 bridgehead atoms. The number of aromatic amines is 1. The Morgan fingerprint density at radius 2 is 1.89 bits per heavy atom. The smallest absolute Gasteiger partial charge is 0.236 e. The lowest BCUT2D eigenvalue weighted by Crippen LogP contribution is -2.13. The van der Waals surface area contributed by atoms with Gasteiger partial charge in [0.1, 0.15) is 10.9 Å². The van der Waals surface area contributed by atoms with Gasteiger partial charge in [0.15, 0.2) is 5.13 Å². The molecule has 2 N–H and O–H groups in total. The first-order valence-corrected chi connectivity index (χ1v) is 10.7. The van der Waals surface area contributed by atoms with Crippen LogP contribution in [0.15, 0.2) is 71.2 Å². The van der Waals surface area contributed by atoms with Crippen molar-refractivity contribution in [2.45, 2.75) is 5.03 Å². The van der Waals surface area contributed by atoms with Crippen LogP contribution < -0.4 is 5.32 Å². The third kappa shape index (κ3) is 4.44. The van der Waals surface area contributed by atoms with E-state index in [9.17, 15) is 4.79 Å². The predicted molar refractivity (Wildman–Crippen MR) is 116 cm³/mol. The minimum atomic E-state index is -0.119. The predicted octanol–water partition coefficient (Wildman–Crippen LogP) is 5.58. The minimum absolute atomic E-state index is 0.119. The Labute approximate surface area is 175 Å². The van der Waals surface area contributed by atoms with Crippen LogP contribution in [0.3, 0.4) is 0 Å². The molecular weight excluding hydrogens is 412 g/mol. The van der Waals surface area contributed by atoms with Gasteiger partial charge in [0.05, 0.1) is 11.4 Å². The zero-order valence-corrected chi connectivity index (χ0v) is 16.9. The molecule has 0 aliphatic rings. The highest BCUT2D eigenvalue weighted by Crippen LogP contribution is 2.33. The fourth-order valence-electron chi connectivity index (χ4n) is 2.58. The number of thioether (sulfide) groups is 1. The zero-order valence-electron chi connectivity index (χ0n) is 14.6. The van der Waals surface area contributed by atoms with E-state index in [1.165, 1.54) is 23.1 Å². The monoisotopic (exact) mass is 426 g/mol. The number of hydrogen-bond donors (Lipinski definition) is 2. The Kier molecular flexibility index (Phi) is 5.76. The van der Waals surface area contributed by atoms with E-state index in [2.05, 4.69) is 15.3 Å². The number of carbonyl (C=O) groups excluding carboxylic acids is 1. The lowest BCUT2D eigenvalue weighted by atomic mass is 10.2. The molecule has 4 rings (SSSR count). The quantitative estimate of drug-likeness (QED) is 0.394. The molecular formula is C20H15ClN4OS2. The molecule has 8 heteroatoms. The summed E-state index contributed by atoms with van der Waals surface area (Å²) in [6, 6.07) is 17.4. The third-order valence-electron chi connectivity index (χ3n) is 3.87. The van der Waals surface area contributed by atoms with Gasteiger partial charge in [0, 0.05) is 27.7 Å². The number of H-pyrrole nitrogens is 1. The molecule has 2 aromatic heterocycles. The molecule has 140 valence electrons. The largest absolute Gasteiger partial charge is 0.337 e. The summed E-state index contributed by atoms with van der Waals surface area (Å²) in [4.78, 5) is 24.4. The lowest BCUT2D eigenvalue weighted by Gasteiger charge is -2.03. The van der Waals surface area contributed by atoms with Crippen LogP contribution in [-0.2, 0) is 4.79 Å². The lowest BCUT2D eigenvalue weighted by molar-refractivity contribution is -0.113. The summed E-state index contributed by atoms with van der Waals surface area (Å²) in [5.74, 6) is 0.874. The summed E-state index contributed by atoms with van der Waals surface area (Å²) >= 11 is 8.79. The van der Waals surface area contributed by atoms with E-state index in [0.717, 1.165) is 27.7 Å². The third-order valence-corrected chi connectivity index (χ3v) is 5.79. The van der Waals surface area contributed by atoms with Crippen molar-refractivity contribution in [2.24, 2.45) is 0 Å². The van der Waals surface area contributed by atoms with E-state index in [1.54, 1.807) is 6.20 Å². The fraction of sp³-hybridized carbons (Fsp3) is 0.0500. The maximum absolute atomic E-state index is 12.2. The Bertz CT molecular complexity index is 1060. The number of hydrogen-bond acceptors (Lipinski definition) is 5. The van der Waals surface area contributed by atoms with Crippen LogP contribution in [0.1, 0.15) is 0 Å². The van der Waals surface area contributed by atoms with Crippen LogP contribution in [0.4, 0.5) is 5.13 Å². The van der Waals surface area contributed by atoms with Crippen LogP contribution in [0.2, 0.25) is 5.02 Å². The number of halogens is 1. The van der Waals surface area contributed by atoms with Crippen molar-refractivity contribution in [3.05, 3.63) is 71.2 Å². The number of aromatic nitrogens is 3. The summed E-state index contributed by atoms with van der Waals surface area (Å²) < 4.78 is 0. The second-order valence-corrected chi connectivity index (χ2v) is 8.11. The van der Waals surface area contributed by atoms with Crippen molar-refractivity contribution in [3.63, 3.8) is 0 Å². The molecule has 28 heavy (non-hydrogen) atoms. The molecule has 0 spiro atoms. The summed E-state index contributed by atoms with van der Waals surface area (Å²) in [6.45, 7) is 0. The number of thiazole rings is 1. The first-order chi connectivity index (χ1) is 13.7. The number of rotatable bonds is 6. The number of benzene rings is 2. The Hall–Kier alpha value is -2.61. The van der Waals surface area contributed by atoms with Crippen molar-refractivity contribution in [2.75, 3.05) is 11.1 Å². The van der Waals surface area contributed by atoms with Gasteiger partial charge in [-0.25, -0.2) is 9.97 Å². The highest BCUT2D eigenvalue weighted by atomic mass is 35.5. The number of amides is 1. The summed E-state index contributed by atoms with van der Waals surface area (Å²) in [5, 5.41) is 6.63. The fourth-order valence-corrected chi connectivity index (χ4v) is 4.06. The highest BCUT2D eigenvalue weighted by Gasteiger charge is 2.16. The second-order valence-electron chi connectivity index (χ2n) is 5.81. The standard InChI is InChI=1S/C20H15ClN4OS2/c21-15-8-6-13(7-9-15)17-19(25-18(24-17)14-4-2-1-3-5-14)28-12-16(26)23-20-22-10-11-27-20/h1-11H,12H2,(H,24,25)(H,22,23,26). The number of nitrogens with zero attached hydrogens (tertiary/aromatic N) is 2. The van der Waals surface area contributed by atoms with E-state index in [-0.39, 0.29) is 11.7 Å². The van der Waals surface area contributed by atoms with Gasteiger partial charge in [-0.15, -0.1) is 11.3 Å². The molecule has 0 radical (unpaired) electrons. The van der Waals surface area contributed by atoms with E-state index in [1.807, 2.05) is 60.0 Å². The Morgan fingerprint density at radius 1 is 1.11 bits per heavy atom. The van der Waals surface area contributed by atoms with Gasteiger partial charge in [-0.1, -0.05) is 65.8 Å². The Balaban J connectivity index is 1.59. The SMILES string of the molecule is O=C(CSc1nc(-c2ccccc2)[nH]c1-c1ccc(Cl)cc1)Nc1nccs1. The van der Waals surface area contributed by atoms with Crippen molar-refractivity contribution >= 4 is 45.7 Å². The van der Waals surface area contributed by atoms with Crippen LogP contribution in [-0.4, -0.2) is 26.6 Å². The van der Waals surface area contributed by atoms with E-state index in [0.29, 0.717) is 10.2 Å². The van der Waals surface area contributed by atoms with Gasteiger partial charge in [-0.3, -0.25) is 4.79 Å². The van der Waals surface area contributed by atoms with Gasteiger partial charge < -0.3 is 10.3 Å². The minimum Gasteiger partial charge on any atom is -0.337 e. The first kappa shape index (κ1) is 18.7. The summed E-state index contributed by atoms with van der Waals surface area (Å²) in [6.07, 6.45) is 1.66. The van der Waals surface area contributed by atoms with E-state index < -0.39 is 0 Å². The van der Waals surface area contributed by atoms with Gasteiger partial charge in [-0.2, -0.15) is 0 Å². The number of imidazole rings is 1. The Morgan fingerprint density at radius 3 is 2.61 bits per heavy atom. The van der Waals surface area contributed by atoms with E-state index >= 15 is 0 Å². The molecule has 0 atom stereocenters. The summed E-state index contributed by atoms with van der Waals surface area (Å²) in [5.41, 5.74) is 2.81. The number of anilines is 1. The molecule has 0 saturated carbocycles. The average molecular weight is 427 g/mol. The second kappa shape index (κ2) is 8.60. The molecule has 1 amide bonds. The average Bonchev–Trinajstić information content (AvgIpc) is 3.38. The van der Waals surface area contributed by atoms with Crippen LogP contribution in [0.25, 0.3) is 22.6 Å². The van der Waals surface area contributed by atoms with Crippen LogP contribution >= 0.6 is 34.7 Å². The highest BCUT2D eigenvalue weighted by molar-refractivity contribution is 8.00. The van der Waals surface area contributed by atoms with Gasteiger partial charge in [-0.05, 0) is 12.1 Å².